The molecule has 3 aromatic rings. The molecule has 0 radical (unpaired) electrons. The molecule has 6 nitrogen and oxygen atoms in total. The molecule has 0 atom stereocenters. The Balaban J connectivity index is 1.79. The van der Waals surface area contributed by atoms with Gasteiger partial charge in [-0.15, -0.1) is 0 Å². The predicted octanol–water partition coefficient (Wildman–Crippen LogP) is 2.84. The van der Waals surface area contributed by atoms with E-state index in [1.807, 2.05) is 30.5 Å². The average molecular weight is 299 g/mol. The number of hydrogen-bond acceptors (Lipinski definition) is 4. The normalized spacial score (nSPS) is 11.0. The van der Waals surface area contributed by atoms with Crippen molar-refractivity contribution in [3.8, 4) is 0 Å². The zero-order valence-corrected chi connectivity index (χ0v) is 12.5. The van der Waals surface area contributed by atoms with Crippen molar-refractivity contribution in [1.29, 1.82) is 0 Å². The van der Waals surface area contributed by atoms with E-state index < -0.39 is 0 Å². The lowest BCUT2D eigenvalue weighted by Gasteiger charge is -2.06. The number of carbonyl (C=O) groups excluding carboxylic acids is 1. The summed E-state index contributed by atoms with van der Waals surface area (Å²) >= 11 is 0. The minimum absolute atomic E-state index is 0.204. The Morgan fingerprint density at radius 3 is 2.95 bits per heavy atom. The van der Waals surface area contributed by atoms with Crippen LogP contribution in [0.2, 0.25) is 0 Å². The largest absolute Gasteiger partial charge is 0.383 e. The number of aromatic nitrogens is 2. The van der Waals surface area contributed by atoms with Gasteiger partial charge in [-0.3, -0.25) is 4.79 Å². The van der Waals surface area contributed by atoms with Gasteiger partial charge in [-0.05, 0) is 31.2 Å². The summed E-state index contributed by atoms with van der Waals surface area (Å²) in [6.45, 7) is 3.23. The van der Waals surface area contributed by atoms with Gasteiger partial charge >= 0.3 is 0 Å². The fourth-order valence-corrected chi connectivity index (χ4v) is 2.33. The molecule has 22 heavy (non-hydrogen) atoms. The van der Waals surface area contributed by atoms with Crippen LogP contribution in [0.1, 0.15) is 16.2 Å². The molecule has 3 rings (SSSR count). The third kappa shape index (κ3) is 2.87. The monoisotopic (exact) mass is 299 g/mol. The fraction of sp³-hybridized carbons (Fsp3) is 0.250. The van der Waals surface area contributed by atoms with Crippen molar-refractivity contribution in [3.63, 3.8) is 0 Å². The van der Waals surface area contributed by atoms with Crippen molar-refractivity contribution in [3.05, 3.63) is 48.0 Å². The van der Waals surface area contributed by atoms with Gasteiger partial charge in [0.1, 0.15) is 0 Å². The number of benzene rings is 1. The lowest BCUT2D eigenvalue weighted by atomic mass is 10.2. The van der Waals surface area contributed by atoms with Gasteiger partial charge in [-0.1, -0.05) is 5.16 Å². The third-order valence-electron chi connectivity index (χ3n) is 3.42. The Bertz CT molecular complexity index is 804. The van der Waals surface area contributed by atoms with Gasteiger partial charge in [0.2, 0.25) is 5.76 Å². The summed E-state index contributed by atoms with van der Waals surface area (Å²) < 4.78 is 12.2. The summed E-state index contributed by atoms with van der Waals surface area (Å²) in [5, 5.41) is 7.58. The first-order valence-electron chi connectivity index (χ1n) is 7.00. The highest BCUT2D eigenvalue weighted by molar-refractivity contribution is 6.03. The van der Waals surface area contributed by atoms with E-state index in [0.29, 0.717) is 12.3 Å². The average Bonchev–Trinajstić information content (AvgIpc) is 3.11. The first kappa shape index (κ1) is 14.3. The van der Waals surface area contributed by atoms with Crippen molar-refractivity contribution in [1.82, 2.24) is 9.72 Å². The lowest BCUT2D eigenvalue weighted by molar-refractivity contribution is 0.0988. The number of aryl methyl sites for hydroxylation is 1. The molecule has 0 bridgehead atoms. The molecule has 2 aromatic heterocycles. The van der Waals surface area contributed by atoms with Crippen LogP contribution in [0.5, 0.6) is 0 Å². The van der Waals surface area contributed by atoms with Crippen LogP contribution in [0.4, 0.5) is 5.69 Å². The minimum Gasteiger partial charge on any atom is -0.383 e. The molecule has 0 fully saturated rings. The fourth-order valence-electron chi connectivity index (χ4n) is 2.33. The molecular weight excluding hydrogens is 282 g/mol. The van der Waals surface area contributed by atoms with Crippen LogP contribution in [0, 0.1) is 6.92 Å². The van der Waals surface area contributed by atoms with E-state index in [1.165, 1.54) is 0 Å². The molecule has 0 saturated heterocycles. The Kier molecular flexibility index (Phi) is 3.93. The number of rotatable bonds is 5. The second kappa shape index (κ2) is 6.03. The number of hydrogen-bond donors (Lipinski definition) is 1. The highest BCUT2D eigenvalue weighted by atomic mass is 16.5. The maximum atomic E-state index is 12.0. The number of anilines is 1. The number of fused-ring (bicyclic) bond motifs is 1. The van der Waals surface area contributed by atoms with E-state index in [2.05, 4.69) is 15.0 Å². The first-order valence-corrected chi connectivity index (χ1v) is 7.00. The van der Waals surface area contributed by atoms with E-state index in [1.54, 1.807) is 20.1 Å². The summed E-state index contributed by atoms with van der Waals surface area (Å²) in [6, 6.07) is 9.40. The SMILES string of the molecule is COCCn1ccc2cc(NC(=O)c3cc(C)no3)ccc21. The van der Waals surface area contributed by atoms with Gasteiger partial charge in [0.05, 0.1) is 12.3 Å². The summed E-state index contributed by atoms with van der Waals surface area (Å²) in [4.78, 5) is 12.0. The van der Waals surface area contributed by atoms with Gasteiger partial charge < -0.3 is 19.1 Å². The maximum absolute atomic E-state index is 12.0. The van der Waals surface area contributed by atoms with Gasteiger partial charge in [0.15, 0.2) is 0 Å². The lowest BCUT2D eigenvalue weighted by Crippen LogP contribution is -2.10. The quantitative estimate of drug-likeness (QED) is 0.786. The molecule has 0 saturated carbocycles. The molecule has 0 aliphatic rings. The summed E-state index contributed by atoms with van der Waals surface area (Å²) in [6.07, 6.45) is 2.01. The molecule has 2 heterocycles. The highest BCUT2D eigenvalue weighted by Crippen LogP contribution is 2.21. The number of carbonyl (C=O) groups is 1. The Morgan fingerprint density at radius 1 is 1.36 bits per heavy atom. The summed E-state index contributed by atoms with van der Waals surface area (Å²) in [5.74, 6) is -0.103. The molecular formula is C16H17N3O3. The zero-order chi connectivity index (χ0) is 15.5. The van der Waals surface area contributed by atoms with Crippen molar-refractivity contribution >= 4 is 22.5 Å². The molecule has 0 aliphatic heterocycles. The van der Waals surface area contributed by atoms with E-state index >= 15 is 0 Å². The Morgan fingerprint density at radius 2 is 2.23 bits per heavy atom. The molecule has 0 unspecified atom stereocenters. The minimum atomic E-state index is -0.307. The highest BCUT2D eigenvalue weighted by Gasteiger charge is 2.12. The van der Waals surface area contributed by atoms with E-state index in [9.17, 15) is 4.79 Å². The van der Waals surface area contributed by atoms with E-state index in [-0.39, 0.29) is 11.7 Å². The van der Waals surface area contributed by atoms with Crippen LogP contribution >= 0.6 is 0 Å². The van der Waals surface area contributed by atoms with E-state index in [0.717, 1.165) is 23.1 Å². The third-order valence-corrected chi connectivity index (χ3v) is 3.42. The number of amides is 1. The molecule has 1 N–H and O–H groups in total. The predicted molar refractivity (Wildman–Crippen MR) is 83.0 cm³/mol. The van der Waals surface area contributed by atoms with Crippen LogP contribution in [-0.4, -0.2) is 29.3 Å². The van der Waals surface area contributed by atoms with Crippen molar-refractivity contribution < 1.29 is 14.1 Å². The van der Waals surface area contributed by atoms with Crippen LogP contribution < -0.4 is 5.32 Å². The Labute approximate surface area is 127 Å². The van der Waals surface area contributed by atoms with Gasteiger partial charge in [-0.2, -0.15) is 0 Å². The van der Waals surface area contributed by atoms with Crippen LogP contribution in [-0.2, 0) is 11.3 Å². The number of ether oxygens (including phenoxy) is 1. The van der Waals surface area contributed by atoms with Crippen molar-refractivity contribution in [2.45, 2.75) is 13.5 Å². The van der Waals surface area contributed by atoms with Gasteiger partial charge in [0, 0.05) is 42.5 Å². The smallest absolute Gasteiger partial charge is 0.294 e. The zero-order valence-electron chi connectivity index (χ0n) is 12.5. The first-order chi connectivity index (χ1) is 10.7. The van der Waals surface area contributed by atoms with Gasteiger partial charge in [-0.25, -0.2) is 0 Å². The topological polar surface area (TPSA) is 69.3 Å². The molecule has 1 amide bonds. The molecule has 1 aromatic carbocycles. The number of nitrogens with one attached hydrogen (secondary N) is 1. The molecule has 0 spiro atoms. The number of nitrogens with zero attached hydrogens (tertiary/aromatic N) is 2. The molecule has 6 heteroatoms. The molecule has 0 aliphatic carbocycles. The van der Waals surface area contributed by atoms with Crippen LogP contribution in [0.25, 0.3) is 10.9 Å². The second-order valence-electron chi connectivity index (χ2n) is 5.06. The molecule has 114 valence electrons. The van der Waals surface area contributed by atoms with Crippen molar-refractivity contribution in [2.24, 2.45) is 0 Å². The van der Waals surface area contributed by atoms with Crippen LogP contribution in [0.15, 0.2) is 41.1 Å². The maximum Gasteiger partial charge on any atom is 0.294 e. The summed E-state index contributed by atoms with van der Waals surface area (Å²) in [5.41, 5.74) is 2.50. The van der Waals surface area contributed by atoms with Crippen LogP contribution in [0.3, 0.4) is 0 Å². The number of methoxy groups -OCH3 is 1. The van der Waals surface area contributed by atoms with Gasteiger partial charge in [0.25, 0.3) is 5.91 Å². The van der Waals surface area contributed by atoms with Crippen molar-refractivity contribution in [2.75, 3.05) is 19.0 Å². The van der Waals surface area contributed by atoms with E-state index in [4.69, 9.17) is 9.26 Å². The Hall–Kier alpha value is -2.60. The second-order valence-corrected chi connectivity index (χ2v) is 5.06. The standard InChI is InChI=1S/C16H17N3O3/c1-11-9-15(22-18-11)16(20)17-13-3-4-14-12(10-13)5-6-19(14)7-8-21-2/h3-6,9-10H,7-8H2,1-2H3,(H,17,20). The summed E-state index contributed by atoms with van der Waals surface area (Å²) in [7, 11) is 1.69.